The number of sulfonamides is 1. The standard InChI is InChI=1S/C13H16FN3O3S/c14-11-5-4-10(3-1-6-15)12(9-11)13(18)17-7-2-8-21(16,19)20/h4-5,9H,2,6-8,15H2,(H,17,18)(H2,16,19,20). The molecule has 1 rings (SSSR count). The number of carbonyl (C=O) groups is 1. The van der Waals surface area contributed by atoms with Crippen LogP contribution in [-0.2, 0) is 10.0 Å². The van der Waals surface area contributed by atoms with Gasteiger partial charge in [0.2, 0.25) is 10.0 Å². The number of hydrogen-bond acceptors (Lipinski definition) is 4. The summed E-state index contributed by atoms with van der Waals surface area (Å²) in [5, 5.41) is 7.33. The van der Waals surface area contributed by atoms with Crippen molar-refractivity contribution in [2.75, 3.05) is 18.8 Å². The highest BCUT2D eigenvalue weighted by Crippen LogP contribution is 2.10. The Bertz CT molecular complexity index is 678. The quantitative estimate of drug-likeness (QED) is 0.504. The SMILES string of the molecule is NCC#Cc1ccc(F)cc1C(=O)NCCCS(N)(=O)=O. The Balaban J connectivity index is 2.75. The van der Waals surface area contributed by atoms with E-state index in [1.54, 1.807) is 0 Å². The molecular weight excluding hydrogens is 297 g/mol. The zero-order chi connectivity index (χ0) is 15.9. The minimum absolute atomic E-state index is 0.0755. The lowest BCUT2D eigenvalue weighted by molar-refractivity contribution is 0.0953. The molecule has 21 heavy (non-hydrogen) atoms. The van der Waals surface area contributed by atoms with Crippen molar-refractivity contribution in [2.45, 2.75) is 6.42 Å². The zero-order valence-corrected chi connectivity index (χ0v) is 12.0. The van der Waals surface area contributed by atoms with Crippen molar-refractivity contribution in [3.8, 4) is 11.8 Å². The first-order valence-electron chi connectivity index (χ1n) is 6.10. The minimum Gasteiger partial charge on any atom is -0.352 e. The summed E-state index contributed by atoms with van der Waals surface area (Å²) in [5.74, 6) is 3.92. The number of hydrogen-bond donors (Lipinski definition) is 3. The largest absolute Gasteiger partial charge is 0.352 e. The molecular formula is C13H16FN3O3S. The van der Waals surface area contributed by atoms with E-state index in [2.05, 4.69) is 17.2 Å². The molecule has 0 saturated carbocycles. The third-order valence-electron chi connectivity index (χ3n) is 2.44. The smallest absolute Gasteiger partial charge is 0.252 e. The number of nitrogens with two attached hydrogens (primary N) is 2. The molecule has 0 radical (unpaired) electrons. The molecule has 0 atom stereocenters. The molecule has 0 bridgehead atoms. The van der Waals surface area contributed by atoms with Crippen molar-refractivity contribution >= 4 is 15.9 Å². The van der Waals surface area contributed by atoms with Gasteiger partial charge in [-0.25, -0.2) is 17.9 Å². The average molecular weight is 313 g/mol. The Morgan fingerprint density at radius 3 is 2.71 bits per heavy atom. The van der Waals surface area contributed by atoms with Crippen LogP contribution < -0.4 is 16.2 Å². The fourth-order valence-electron chi connectivity index (χ4n) is 1.53. The van der Waals surface area contributed by atoms with E-state index >= 15 is 0 Å². The van der Waals surface area contributed by atoms with Crippen LogP contribution >= 0.6 is 0 Å². The first kappa shape index (κ1) is 17.1. The number of rotatable bonds is 5. The topological polar surface area (TPSA) is 115 Å². The number of benzene rings is 1. The van der Waals surface area contributed by atoms with Gasteiger partial charge in [0.15, 0.2) is 0 Å². The Hall–Kier alpha value is -1.95. The van der Waals surface area contributed by atoms with Crippen molar-refractivity contribution in [3.63, 3.8) is 0 Å². The summed E-state index contributed by atoms with van der Waals surface area (Å²) >= 11 is 0. The summed E-state index contributed by atoms with van der Waals surface area (Å²) in [6.45, 7) is 0.225. The number of primary sulfonamides is 1. The predicted octanol–water partition coefficient (Wildman–Crippen LogP) is -0.456. The molecule has 0 spiro atoms. The van der Waals surface area contributed by atoms with Crippen LogP contribution in [0.5, 0.6) is 0 Å². The van der Waals surface area contributed by atoms with Gasteiger partial charge in [0.1, 0.15) is 5.82 Å². The van der Waals surface area contributed by atoms with Gasteiger partial charge in [-0.2, -0.15) is 0 Å². The Labute approximate surface area is 122 Å². The molecule has 1 aromatic rings. The van der Waals surface area contributed by atoms with Crippen LogP contribution in [0.15, 0.2) is 18.2 Å². The summed E-state index contributed by atoms with van der Waals surface area (Å²) < 4.78 is 34.7. The maximum atomic E-state index is 13.2. The van der Waals surface area contributed by atoms with Crippen molar-refractivity contribution in [1.82, 2.24) is 5.32 Å². The minimum atomic E-state index is -3.56. The normalized spacial score (nSPS) is 10.6. The van der Waals surface area contributed by atoms with E-state index in [1.165, 1.54) is 12.1 Å². The van der Waals surface area contributed by atoms with Crippen LogP contribution in [0.2, 0.25) is 0 Å². The maximum absolute atomic E-state index is 13.2. The highest BCUT2D eigenvalue weighted by atomic mass is 32.2. The van der Waals surface area contributed by atoms with Gasteiger partial charge in [-0.1, -0.05) is 11.8 Å². The Morgan fingerprint density at radius 1 is 1.38 bits per heavy atom. The summed E-state index contributed by atoms with van der Waals surface area (Å²) in [5.41, 5.74) is 5.68. The number of halogens is 1. The van der Waals surface area contributed by atoms with Gasteiger partial charge >= 0.3 is 0 Å². The van der Waals surface area contributed by atoms with E-state index in [-0.39, 0.29) is 30.8 Å². The van der Waals surface area contributed by atoms with Crippen LogP contribution in [-0.4, -0.2) is 33.2 Å². The molecule has 0 aliphatic rings. The van der Waals surface area contributed by atoms with Gasteiger partial charge in [-0.05, 0) is 24.6 Å². The predicted molar refractivity (Wildman–Crippen MR) is 77.3 cm³/mol. The third-order valence-corrected chi connectivity index (χ3v) is 3.30. The first-order valence-corrected chi connectivity index (χ1v) is 7.82. The lowest BCUT2D eigenvalue weighted by Gasteiger charge is -2.07. The fourth-order valence-corrected chi connectivity index (χ4v) is 2.08. The van der Waals surface area contributed by atoms with Crippen molar-refractivity contribution in [3.05, 3.63) is 35.1 Å². The molecule has 0 unspecified atom stereocenters. The summed E-state index contributed by atoms with van der Waals surface area (Å²) in [6.07, 6.45) is 0.170. The molecule has 8 heteroatoms. The van der Waals surface area contributed by atoms with E-state index in [9.17, 15) is 17.6 Å². The molecule has 6 nitrogen and oxygen atoms in total. The highest BCUT2D eigenvalue weighted by Gasteiger charge is 2.11. The number of amides is 1. The molecule has 5 N–H and O–H groups in total. The van der Waals surface area contributed by atoms with Gasteiger partial charge in [0.25, 0.3) is 5.91 Å². The van der Waals surface area contributed by atoms with Crippen LogP contribution in [0.4, 0.5) is 4.39 Å². The van der Waals surface area contributed by atoms with Gasteiger partial charge in [-0.3, -0.25) is 4.79 Å². The van der Waals surface area contributed by atoms with E-state index in [0.29, 0.717) is 5.56 Å². The Kier molecular flexibility index (Phi) is 6.30. The Morgan fingerprint density at radius 2 is 2.10 bits per heavy atom. The molecule has 0 aromatic heterocycles. The molecule has 0 aliphatic heterocycles. The second kappa shape index (κ2) is 7.73. The molecule has 0 aliphatic carbocycles. The molecule has 0 fully saturated rings. The molecule has 1 amide bonds. The highest BCUT2D eigenvalue weighted by molar-refractivity contribution is 7.89. The molecule has 0 heterocycles. The third kappa shape index (κ3) is 6.35. The van der Waals surface area contributed by atoms with Crippen LogP contribution in [0, 0.1) is 17.7 Å². The van der Waals surface area contributed by atoms with E-state index in [4.69, 9.17) is 10.9 Å². The summed E-state index contributed by atoms with van der Waals surface area (Å²) in [6, 6.07) is 3.64. The van der Waals surface area contributed by atoms with E-state index in [1.807, 2.05) is 0 Å². The summed E-state index contributed by atoms with van der Waals surface area (Å²) in [7, 11) is -3.56. The number of nitrogens with one attached hydrogen (secondary N) is 1. The molecule has 0 saturated heterocycles. The van der Waals surface area contributed by atoms with Crippen LogP contribution in [0.1, 0.15) is 22.3 Å². The molecule has 1 aromatic carbocycles. The van der Waals surface area contributed by atoms with Crippen molar-refractivity contribution in [2.24, 2.45) is 10.9 Å². The van der Waals surface area contributed by atoms with E-state index < -0.39 is 21.7 Å². The van der Waals surface area contributed by atoms with Gasteiger partial charge in [-0.15, -0.1) is 0 Å². The second-order valence-corrected chi connectivity index (χ2v) is 5.91. The maximum Gasteiger partial charge on any atom is 0.252 e. The fraction of sp³-hybridized carbons (Fsp3) is 0.308. The van der Waals surface area contributed by atoms with Gasteiger partial charge in [0.05, 0.1) is 17.9 Å². The summed E-state index contributed by atoms with van der Waals surface area (Å²) in [4.78, 5) is 11.9. The van der Waals surface area contributed by atoms with Gasteiger partial charge < -0.3 is 11.1 Å². The van der Waals surface area contributed by atoms with Crippen molar-refractivity contribution < 1.29 is 17.6 Å². The van der Waals surface area contributed by atoms with Crippen LogP contribution in [0.25, 0.3) is 0 Å². The van der Waals surface area contributed by atoms with E-state index in [0.717, 1.165) is 6.07 Å². The first-order chi connectivity index (χ1) is 9.83. The van der Waals surface area contributed by atoms with Gasteiger partial charge in [0, 0.05) is 12.1 Å². The second-order valence-electron chi connectivity index (χ2n) is 4.17. The van der Waals surface area contributed by atoms with Crippen LogP contribution in [0.3, 0.4) is 0 Å². The lowest BCUT2D eigenvalue weighted by atomic mass is 10.1. The lowest BCUT2D eigenvalue weighted by Crippen LogP contribution is -2.28. The number of carbonyl (C=O) groups excluding carboxylic acids is 1. The molecule has 114 valence electrons. The average Bonchev–Trinajstić information content (AvgIpc) is 2.41. The van der Waals surface area contributed by atoms with Crippen molar-refractivity contribution in [1.29, 1.82) is 0 Å². The monoisotopic (exact) mass is 313 g/mol. The zero-order valence-electron chi connectivity index (χ0n) is 11.2.